The van der Waals surface area contributed by atoms with E-state index in [1.807, 2.05) is 6.92 Å². The highest BCUT2D eigenvalue weighted by molar-refractivity contribution is 6.31. The summed E-state index contributed by atoms with van der Waals surface area (Å²) in [7, 11) is 0. The summed E-state index contributed by atoms with van der Waals surface area (Å²) in [5.74, 6) is -1.01. The topological polar surface area (TPSA) is 86.5 Å². The van der Waals surface area contributed by atoms with Gasteiger partial charge in [-0.1, -0.05) is 23.7 Å². The maximum atomic E-state index is 12.3. The van der Waals surface area contributed by atoms with E-state index >= 15 is 0 Å². The van der Waals surface area contributed by atoms with Gasteiger partial charge in [0.15, 0.2) is 6.10 Å². The summed E-state index contributed by atoms with van der Waals surface area (Å²) >= 11 is 5.87. The number of halogens is 1. The number of hydrogen-bond donors (Lipinski definition) is 0. The number of hydrogen-bond acceptors (Lipinski definition) is 6. The summed E-state index contributed by atoms with van der Waals surface area (Å²) in [6, 6.07) is 8.18. The fraction of sp³-hybridized carbons (Fsp3) is 0.188. The zero-order valence-corrected chi connectivity index (χ0v) is 13.7. The Kier molecular flexibility index (Phi) is 4.26. The van der Waals surface area contributed by atoms with Gasteiger partial charge in [-0.3, -0.25) is 4.79 Å². The Balaban J connectivity index is 1.78. The number of carbonyl (C=O) groups excluding carboxylic acids is 2. The van der Waals surface area contributed by atoms with Gasteiger partial charge in [0.25, 0.3) is 11.6 Å². The van der Waals surface area contributed by atoms with E-state index in [1.165, 1.54) is 17.5 Å². The van der Waals surface area contributed by atoms with Gasteiger partial charge in [0.1, 0.15) is 0 Å². The maximum Gasteiger partial charge on any atom is 0.379 e. The number of benzene rings is 1. The number of Topliss-reactive ketones (excluding diaryl/α,β-unsaturated/α-hetero) is 1. The highest BCUT2D eigenvalue weighted by Gasteiger charge is 2.23. The Hall–Kier alpha value is -2.80. The summed E-state index contributed by atoms with van der Waals surface area (Å²) in [6.45, 7) is 3.30. The molecule has 0 N–H and O–H groups in total. The van der Waals surface area contributed by atoms with Gasteiger partial charge in [-0.25, -0.2) is 14.3 Å². The van der Waals surface area contributed by atoms with E-state index < -0.39 is 12.1 Å². The van der Waals surface area contributed by atoms with Crippen LogP contribution in [0.2, 0.25) is 5.02 Å². The molecule has 1 atom stereocenters. The first-order valence-corrected chi connectivity index (χ1v) is 7.52. The van der Waals surface area contributed by atoms with E-state index in [2.05, 4.69) is 15.1 Å². The lowest BCUT2D eigenvalue weighted by molar-refractivity contribution is 0.0307. The van der Waals surface area contributed by atoms with Crippen LogP contribution in [0.1, 0.15) is 33.6 Å². The van der Waals surface area contributed by atoms with Crippen LogP contribution in [0.4, 0.5) is 0 Å². The van der Waals surface area contributed by atoms with Crippen LogP contribution in [0.5, 0.6) is 0 Å². The van der Waals surface area contributed by atoms with Gasteiger partial charge in [0, 0.05) is 22.5 Å². The van der Waals surface area contributed by atoms with Crippen molar-refractivity contribution in [1.29, 1.82) is 0 Å². The normalized spacial score (nSPS) is 12.1. The number of carbonyl (C=O) groups is 2. The molecule has 0 aliphatic carbocycles. The van der Waals surface area contributed by atoms with E-state index in [4.69, 9.17) is 16.3 Å². The van der Waals surface area contributed by atoms with Crippen molar-refractivity contribution < 1.29 is 14.3 Å². The Morgan fingerprint density at radius 1 is 1.29 bits per heavy atom. The summed E-state index contributed by atoms with van der Waals surface area (Å²) in [6.07, 6.45) is 0.580. The molecule has 7 nitrogen and oxygen atoms in total. The van der Waals surface area contributed by atoms with Gasteiger partial charge in [-0.05, 0) is 32.0 Å². The molecule has 24 heavy (non-hydrogen) atoms. The van der Waals surface area contributed by atoms with Gasteiger partial charge in [-0.2, -0.15) is 4.98 Å². The number of ketones is 1. The van der Waals surface area contributed by atoms with Gasteiger partial charge in [0.05, 0.1) is 0 Å². The van der Waals surface area contributed by atoms with E-state index in [0.29, 0.717) is 10.6 Å². The molecule has 0 saturated heterocycles. The van der Waals surface area contributed by atoms with Crippen LogP contribution in [0.25, 0.3) is 5.78 Å². The molecular weight excluding hydrogens is 332 g/mol. The third kappa shape index (κ3) is 3.11. The van der Waals surface area contributed by atoms with Gasteiger partial charge < -0.3 is 4.74 Å². The predicted molar refractivity (Wildman–Crippen MR) is 86.2 cm³/mol. The van der Waals surface area contributed by atoms with E-state index in [0.717, 1.165) is 5.69 Å². The molecule has 0 spiro atoms. The largest absolute Gasteiger partial charge is 0.448 e. The van der Waals surface area contributed by atoms with Crippen LogP contribution in [-0.2, 0) is 4.74 Å². The van der Waals surface area contributed by atoms with Crippen molar-refractivity contribution in [2.45, 2.75) is 20.0 Å². The van der Waals surface area contributed by atoms with Crippen LogP contribution in [0.15, 0.2) is 36.5 Å². The fourth-order valence-corrected chi connectivity index (χ4v) is 2.33. The molecule has 122 valence electrons. The Labute approximate surface area is 142 Å². The van der Waals surface area contributed by atoms with Crippen molar-refractivity contribution in [2.24, 2.45) is 0 Å². The van der Waals surface area contributed by atoms with Crippen LogP contribution >= 0.6 is 11.6 Å². The minimum atomic E-state index is -0.989. The molecule has 0 bridgehead atoms. The number of esters is 1. The van der Waals surface area contributed by atoms with Crippen molar-refractivity contribution in [3.63, 3.8) is 0 Å². The third-order valence-corrected chi connectivity index (χ3v) is 3.61. The van der Waals surface area contributed by atoms with Crippen LogP contribution in [-0.4, -0.2) is 37.4 Å². The smallest absolute Gasteiger partial charge is 0.379 e. The molecule has 3 rings (SSSR count). The van der Waals surface area contributed by atoms with Crippen LogP contribution in [0.3, 0.4) is 0 Å². The van der Waals surface area contributed by atoms with Gasteiger partial charge >= 0.3 is 5.97 Å². The maximum absolute atomic E-state index is 12.3. The zero-order chi connectivity index (χ0) is 17.3. The van der Waals surface area contributed by atoms with Crippen molar-refractivity contribution in [1.82, 2.24) is 19.6 Å². The second kappa shape index (κ2) is 6.37. The van der Waals surface area contributed by atoms with E-state index in [9.17, 15) is 9.59 Å². The molecule has 1 unspecified atom stereocenters. The standard InChI is InChI=1S/C16H13ClN4O3/c1-9-6-7-18-16-19-14(20-21(9)16)15(23)24-10(2)13(22)11-4-3-5-12(17)8-11/h3-8,10H,1-2H3. The summed E-state index contributed by atoms with van der Waals surface area (Å²) < 4.78 is 6.59. The van der Waals surface area contributed by atoms with Crippen molar-refractivity contribution in [3.05, 3.63) is 58.6 Å². The number of ether oxygens (including phenoxy) is 1. The lowest BCUT2D eigenvalue weighted by Gasteiger charge is -2.11. The molecule has 2 heterocycles. The number of fused-ring (bicyclic) bond motifs is 1. The number of aromatic nitrogens is 4. The lowest BCUT2D eigenvalue weighted by Crippen LogP contribution is -2.25. The van der Waals surface area contributed by atoms with Crippen molar-refractivity contribution in [2.75, 3.05) is 0 Å². The first-order valence-electron chi connectivity index (χ1n) is 7.15. The summed E-state index contributed by atoms with van der Waals surface area (Å²) in [5, 5.41) is 4.48. The van der Waals surface area contributed by atoms with Gasteiger partial charge in [-0.15, -0.1) is 5.10 Å². The van der Waals surface area contributed by atoms with Crippen molar-refractivity contribution >= 4 is 29.1 Å². The number of aryl methyl sites for hydroxylation is 1. The average Bonchev–Trinajstić information content (AvgIpc) is 3.00. The van der Waals surface area contributed by atoms with Gasteiger partial charge in [0.2, 0.25) is 5.78 Å². The molecule has 0 saturated carbocycles. The van der Waals surface area contributed by atoms with Crippen LogP contribution < -0.4 is 0 Å². The Morgan fingerprint density at radius 3 is 2.79 bits per heavy atom. The monoisotopic (exact) mass is 344 g/mol. The Morgan fingerprint density at radius 2 is 2.08 bits per heavy atom. The summed E-state index contributed by atoms with van der Waals surface area (Å²) in [5.41, 5.74) is 1.14. The van der Waals surface area contributed by atoms with Crippen LogP contribution in [0, 0.1) is 6.92 Å². The molecule has 2 aromatic heterocycles. The molecule has 0 aliphatic heterocycles. The second-order valence-electron chi connectivity index (χ2n) is 5.16. The molecule has 0 fully saturated rings. The lowest BCUT2D eigenvalue weighted by atomic mass is 10.1. The third-order valence-electron chi connectivity index (χ3n) is 3.37. The first-order chi connectivity index (χ1) is 11.5. The molecular formula is C16H13ClN4O3. The highest BCUT2D eigenvalue weighted by atomic mass is 35.5. The molecule has 0 amide bonds. The SMILES string of the molecule is Cc1ccnc2nc(C(=O)OC(C)C(=O)c3cccc(Cl)c3)nn12. The molecule has 0 aliphatic rings. The molecule has 1 aromatic carbocycles. The number of nitrogens with zero attached hydrogens (tertiary/aromatic N) is 4. The first kappa shape index (κ1) is 16.1. The van der Waals surface area contributed by atoms with Crippen molar-refractivity contribution in [3.8, 4) is 0 Å². The van der Waals surface area contributed by atoms with E-state index in [-0.39, 0.29) is 17.4 Å². The predicted octanol–water partition coefficient (Wildman–Crippen LogP) is 2.51. The molecule has 0 radical (unpaired) electrons. The fourth-order valence-electron chi connectivity index (χ4n) is 2.14. The zero-order valence-electron chi connectivity index (χ0n) is 12.9. The Bertz CT molecular complexity index is 938. The second-order valence-corrected chi connectivity index (χ2v) is 5.59. The molecule has 3 aromatic rings. The molecule has 8 heteroatoms. The highest BCUT2D eigenvalue weighted by Crippen LogP contribution is 2.14. The minimum absolute atomic E-state index is 0.150. The number of rotatable bonds is 4. The quantitative estimate of drug-likeness (QED) is 0.534. The summed E-state index contributed by atoms with van der Waals surface area (Å²) in [4.78, 5) is 32.5. The average molecular weight is 345 g/mol. The minimum Gasteiger partial charge on any atom is -0.448 e. The van der Waals surface area contributed by atoms with E-state index in [1.54, 1.807) is 30.5 Å².